The molecule has 0 amide bonds. The Hall–Kier alpha value is -0.690. The topological polar surface area (TPSA) is 114 Å². The minimum atomic E-state index is -1.55. The molecule has 0 aliphatic rings. The van der Waals surface area contributed by atoms with Crippen molar-refractivity contribution < 1.29 is 25.6 Å². The molecule has 0 aromatic carbocycles. The van der Waals surface area contributed by atoms with Gasteiger partial charge in [-0.15, -0.1) is 0 Å². The molecule has 0 radical (unpaired) electrons. The Morgan fingerprint density at radius 1 is 1.27 bits per heavy atom. The molecule has 0 heterocycles. The van der Waals surface area contributed by atoms with Crippen LogP contribution < -0.4 is 0 Å². The average Bonchev–Trinajstić information content (AvgIpc) is 2.02. The maximum Gasteiger partial charge on any atom is 0.121 e. The Kier molecular flexibility index (Phi) is 4.71. The first-order chi connectivity index (χ1) is 5.13. The summed E-state index contributed by atoms with van der Waals surface area (Å²) in [5.41, 5.74) is 0. The third-order valence-electron chi connectivity index (χ3n) is 1.15. The van der Waals surface area contributed by atoms with E-state index in [0.29, 0.717) is 6.21 Å². The van der Waals surface area contributed by atoms with Gasteiger partial charge in [0.15, 0.2) is 0 Å². The highest BCUT2D eigenvalue weighted by Gasteiger charge is 2.22. The van der Waals surface area contributed by atoms with Crippen molar-refractivity contribution in [2.45, 2.75) is 18.3 Å². The lowest BCUT2D eigenvalue weighted by Crippen LogP contribution is -2.40. The number of oxime groups is 1. The van der Waals surface area contributed by atoms with Crippen LogP contribution in [0.4, 0.5) is 0 Å². The quantitative estimate of drug-likeness (QED) is 0.180. The van der Waals surface area contributed by atoms with Crippen molar-refractivity contribution in [2.75, 3.05) is 6.61 Å². The predicted molar refractivity (Wildman–Crippen MR) is 35.4 cm³/mol. The first-order valence-electron chi connectivity index (χ1n) is 2.96. The van der Waals surface area contributed by atoms with E-state index >= 15 is 0 Å². The van der Waals surface area contributed by atoms with Gasteiger partial charge in [-0.1, -0.05) is 5.16 Å². The first kappa shape index (κ1) is 10.3. The van der Waals surface area contributed by atoms with E-state index in [1.165, 1.54) is 0 Å². The summed E-state index contributed by atoms with van der Waals surface area (Å²) in [6, 6.07) is 0. The fourth-order valence-electron chi connectivity index (χ4n) is 0.492. The number of aliphatic hydroxyl groups is 4. The maximum atomic E-state index is 8.85. The number of rotatable bonds is 4. The molecule has 0 aromatic rings. The molecule has 6 heteroatoms. The van der Waals surface area contributed by atoms with Gasteiger partial charge in [0.25, 0.3) is 0 Å². The lowest BCUT2D eigenvalue weighted by Gasteiger charge is -2.17. The van der Waals surface area contributed by atoms with Gasteiger partial charge >= 0.3 is 0 Å². The summed E-state index contributed by atoms with van der Waals surface area (Å²) in [4.78, 5) is 0. The van der Waals surface area contributed by atoms with Gasteiger partial charge < -0.3 is 25.6 Å². The van der Waals surface area contributed by atoms with E-state index in [2.05, 4.69) is 5.16 Å². The summed E-state index contributed by atoms with van der Waals surface area (Å²) in [5.74, 6) is 0. The van der Waals surface area contributed by atoms with Gasteiger partial charge in [0.1, 0.15) is 18.3 Å². The summed E-state index contributed by atoms with van der Waals surface area (Å²) in [6.45, 7) is -0.669. The van der Waals surface area contributed by atoms with E-state index in [0.717, 1.165) is 0 Å². The van der Waals surface area contributed by atoms with Crippen LogP contribution in [-0.4, -0.2) is 56.8 Å². The molecule has 11 heavy (non-hydrogen) atoms. The highest BCUT2D eigenvalue weighted by molar-refractivity contribution is 5.62. The second-order valence-corrected chi connectivity index (χ2v) is 2.00. The molecular formula is C5H11NO5. The number of hydrogen-bond acceptors (Lipinski definition) is 6. The fraction of sp³-hybridized carbons (Fsp3) is 0.800. The van der Waals surface area contributed by atoms with Crippen LogP contribution in [0.25, 0.3) is 0 Å². The van der Waals surface area contributed by atoms with Crippen LogP contribution in [0.2, 0.25) is 0 Å². The van der Waals surface area contributed by atoms with Crippen molar-refractivity contribution in [3.8, 4) is 0 Å². The molecule has 0 saturated carbocycles. The van der Waals surface area contributed by atoms with Crippen LogP contribution in [0.5, 0.6) is 0 Å². The molecule has 5 N–H and O–H groups in total. The Bertz CT molecular complexity index is 128. The van der Waals surface area contributed by atoms with Crippen molar-refractivity contribution in [1.29, 1.82) is 0 Å². The highest BCUT2D eigenvalue weighted by atomic mass is 16.4. The Balaban J connectivity index is 3.90. The maximum absolute atomic E-state index is 8.85. The summed E-state index contributed by atoms with van der Waals surface area (Å²) in [6.07, 6.45) is -3.83. The molecule has 0 aliphatic carbocycles. The highest BCUT2D eigenvalue weighted by Crippen LogP contribution is 1.97. The van der Waals surface area contributed by atoms with Crippen molar-refractivity contribution in [3.63, 3.8) is 0 Å². The summed E-state index contributed by atoms with van der Waals surface area (Å²) >= 11 is 0. The molecule has 0 rings (SSSR count). The smallest absolute Gasteiger partial charge is 0.121 e. The monoisotopic (exact) mass is 165 g/mol. The largest absolute Gasteiger partial charge is 0.411 e. The summed E-state index contributed by atoms with van der Waals surface area (Å²) in [7, 11) is 0. The van der Waals surface area contributed by atoms with E-state index in [9.17, 15) is 0 Å². The zero-order valence-corrected chi connectivity index (χ0v) is 5.70. The van der Waals surface area contributed by atoms with Gasteiger partial charge in [-0.3, -0.25) is 0 Å². The van der Waals surface area contributed by atoms with Crippen molar-refractivity contribution in [3.05, 3.63) is 0 Å². The van der Waals surface area contributed by atoms with E-state index < -0.39 is 24.9 Å². The SMILES string of the molecule is OCC(O)C(O)C(O)/C=N/O. The normalized spacial score (nSPS) is 20.0. The van der Waals surface area contributed by atoms with E-state index in [1.807, 2.05) is 0 Å². The van der Waals surface area contributed by atoms with E-state index in [1.54, 1.807) is 0 Å². The van der Waals surface area contributed by atoms with Gasteiger partial charge in [-0.25, -0.2) is 0 Å². The molecule has 0 aromatic heterocycles. The minimum absolute atomic E-state index is 0.642. The van der Waals surface area contributed by atoms with Gasteiger partial charge in [0, 0.05) is 0 Å². The second kappa shape index (κ2) is 5.03. The standard InChI is InChI=1S/C5H11NO5/c7-2-4(9)5(10)3(8)1-6-11/h1,3-5,7-11H,2H2/b6-1+. The average molecular weight is 165 g/mol. The van der Waals surface area contributed by atoms with Gasteiger partial charge in [-0.2, -0.15) is 0 Å². The molecule has 0 spiro atoms. The Labute approximate surface area is 63.0 Å². The summed E-state index contributed by atoms with van der Waals surface area (Å²) in [5, 5.41) is 45.0. The lowest BCUT2D eigenvalue weighted by atomic mass is 10.1. The molecule has 0 fully saturated rings. The molecule has 0 aliphatic heterocycles. The van der Waals surface area contributed by atoms with Crippen molar-refractivity contribution in [1.82, 2.24) is 0 Å². The molecule has 6 nitrogen and oxygen atoms in total. The van der Waals surface area contributed by atoms with Gasteiger partial charge in [0.05, 0.1) is 12.8 Å². The van der Waals surface area contributed by atoms with Crippen molar-refractivity contribution >= 4 is 6.21 Å². The Morgan fingerprint density at radius 3 is 2.18 bits per heavy atom. The zero-order chi connectivity index (χ0) is 8.85. The molecule has 3 atom stereocenters. The predicted octanol–water partition coefficient (Wildman–Crippen LogP) is -2.48. The zero-order valence-electron chi connectivity index (χ0n) is 5.70. The van der Waals surface area contributed by atoms with Crippen LogP contribution in [0, 0.1) is 0 Å². The van der Waals surface area contributed by atoms with Gasteiger partial charge in [0.2, 0.25) is 0 Å². The van der Waals surface area contributed by atoms with Gasteiger partial charge in [-0.05, 0) is 0 Å². The number of nitrogens with zero attached hydrogens (tertiary/aromatic N) is 1. The van der Waals surface area contributed by atoms with Crippen LogP contribution in [0.1, 0.15) is 0 Å². The van der Waals surface area contributed by atoms with Crippen molar-refractivity contribution in [2.24, 2.45) is 5.16 Å². The third-order valence-corrected chi connectivity index (χ3v) is 1.15. The molecule has 0 bridgehead atoms. The fourth-order valence-corrected chi connectivity index (χ4v) is 0.492. The van der Waals surface area contributed by atoms with Crippen LogP contribution in [-0.2, 0) is 0 Å². The first-order valence-corrected chi connectivity index (χ1v) is 2.96. The molecule has 66 valence electrons. The van der Waals surface area contributed by atoms with Crippen LogP contribution >= 0.6 is 0 Å². The third kappa shape index (κ3) is 3.28. The number of hydrogen-bond donors (Lipinski definition) is 5. The lowest BCUT2D eigenvalue weighted by molar-refractivity contribution is -0.0546. The molecule has 0 saturated heterocycles. The second-order valence-electron chi connectivity index (χ2n) is 2.00. The minimum Gasteiger partial charge on any atom is -0.411 e. The van der Waals surface area contributed by atoms with Crippen LogP contribution in [0.15, 0.2) is 5.16 Å². The van der Waals surface area contributed by atoms with Crippen LogP contribution in [0.3, 0.4) is 0 Å². The molecular weight excluding hydrogens is 154 g/mol. The Morgan fingerprint density at radius 2 is 1.82 bits per heavy atom. The molecule has 3 unspecified atom stereocenters. The van der Waals surface area contributed by atoms with E-state index in [-0.39, 0.29) is 0 Å². The van der Waals surface area contributed by atoms with E-state index in [4.69, 9.17) is 25.6 Å². The number of aliphatic hydroxyl groups excluding tert-OH is 4. The summed E-state index contributed by atoms with van der Waals surface area (Å²) < 4.78 is 0.